The highest BCUT2D eigenvalue weighted by Crippen LogP contribution is 2.28. The second-order valence-corrected chi connectivity index (χ2v) is 4.95. The third-order valence-corrected chi connectivity index (χ3v) is 3.69. The van der Waals surface area contributed by atoms with E-state index in [0.717, 1.165) is 18.1 Å². The van der Waals surface area contributed by atoms with Crippen LogP contribution in [-0.4, -0.2) is 12.4 Å². The molecule has 1 aliphatic rings. The molecule has 0 saturated heterocycles. The first-order valence-corrected chi connectivity index (χ1v) is 6.65. The molecule has 2 heteroatoms. The summed E-state index contributed by atoms with van der Waals surface area (Å²) < 4.78 is 0. The van der Waals surface area contributed by atoms with E-state index in [0.29, 0.717) is 5.92 Å². The van der Waals surface area contributed by atoms with Gasteiger partial charge in [0.25, 0.3) is 0 Å². The maximum absolute atomic E-state index is 8.36. The van der Waals surface area contributed by atoms with E-state index < -0.39 is 0 Å². The lowest BCUT2D eigenvalue weighted by molar-refractivity contribution is 0.704. The Morgan fingerprint density at radius 3 is 2.35 bits per heavy atom. The largest absolute Gasteiger partial charge is 0.330 e. The fourth-order valence-electron chi connectivity index (χ4n) is 2.64. The molecule has 1 aliphatic carbocycles. The summed E-state index contributed by atoms with van der Waals surface area (Å²) in [6, 6.07) is 8.50. The van der Waals surface area contributed by atoms with E-state index in [-0.39, 0.29) is 0 Å². The Morgan fingerprint density at radius 2 is 1.82 bits per heavy atom. The molecule has 1 N–H and O–H groups in total. The molecule has 0 amide bonds. The lowest BCUT2D eigenvalue weighted by Gasteiger charge is -2.27. The van der Waals surface area contributed by atoms with Crippen LogP contribution in [0.15, 0.2) is 24.3 Å². The molecule has 17 heavy (non-hydrogen) atoms. The summed E-state index contributed by atoms with van der Waals surface area (Å²) in [6.45, 7) is 5.12. The van der Waals surface area contributed by atoms with Gasteiger partial charge < -0.3 is 4.90 Å². The third-order valence-electron chi connectivity index (χ3n) is 3.69. The molecule has 0 aliphatic heterocycles. The van der Waals surface area contributed by atoms with Crippen LogP contribution >= 0.6 is 0 Å². The van der Waals surface area contributed by atoms with Crippen LogP contribution in [-0.2, 0) is 0 Å². The zero-order chi connectivity index (χ0) is 12.3. The minimum Gasteiger partial charge on any atom is -0.330 e. The monoisotopic (exact) mass is 230 g/mol. The van der Waals surface area contributed by atoms with Gasteiger partial charge in [-0.1, -0.05) is 30.5 Å². The van der Waals surface area contributed by atoms with Crippen LogP contribution < -0.4 is 4.90 Å². The first-order valence-electron chi connectivity index (χ1n) is 6.65. The van der Waals surface area contributed by atoms with Crippen molar-refractivity contribution in [2.24, 2.45) is 5.92 Å². The number of hydrogen-bond donors (Lipinski definition) is 1. The van der Waals surface area contributed by atoms with Crippen LogP contribution in [0.2, 0.25) is 0 Å². The Bertz CT molecular complexity index is 374. The smallest absolute Gasteiger partial charge is 0.103 e. The van der Waals surface area contributed by atoms with Gasteiger partial charge in [-0.2, -0.15) is 0 Å². The fraction of sp³-hybridized carbons (Fsp3) is 0.533. The van der Waals surface area contributed by atoms with Gasteiger partial charge >= 0.3 is 0 Å². The maximum atomic E-state index is 8.36. The van der Waals surface area contributed by atoms with E-state index in [1.54, 1.807) is 0 Å². The predicted octanol–water partition coefficient (Wildman–Crippen LogP) is 3.99. The van der Waals surface area contributed by atoms with Crippen molar-refractivity contribution in [2.75, 3.05) is 11.4 Å². The number of benzene rings is 1. The van der Waals surface area contributed by atoms with Crippen molar-refractivity contribution in [1.29, 1.82) is 5.41 Å². The van der Waals surface area contributed by atoms with Gasteiger partial charge in [0.15, 0.2) is 0 Å². The van der Waals surface area contributed by atoms with Crippen molar-refractivity contribution in [3.63, 3.8) is 0 Å². The number of anilines is 1. The predicted molar refractivity (Wildman–Crippen MR) is 73.9 cm³/mol. The Morgan fingerprint density at radius 1 is 1.24 bits per heavy atom. The minimum atomic E-state index is 0.483. The number of aryl methyl sites for hydroxylation is 1. The molecule has 0 atom stereocenters. The standard InChI is InChI=1S/C15H22N2/c1-3-17(14-10-8-12(2)9-11-14)15(16)13-6-4-5-7-13/h8-11,13,16H,3-7H2,1-2H3. The molecule has 1 saturated carbocycles. The van der Waals surface area contributed by atoms with E-state index in [2.05, 4.69) is 43.0 Å². The van der Waals surface area contributed by atoms with Gasteiger partial charge in [0.05, 0.1) is 0 Å². The average molecular weight is 230 g/mol. The summed E-state index contributed by atoms with van der Waals surface area (Å²) in [7, 11) is 0. The topological polar surface area (TPSA) is 27.1 Å². The molecule has 0 radical (unpaired) electrons. The Hall–Kier alpha value is -1.31. The molecule has 1 aromatic carbocycles. The van der Waals surface area contributed by atoms with E-state index in [1.165, 1.54) is 31.2 Å². The van der Waals surface area contributed by atoms with Gasteiger partial charge in [-0.3, -0.25) is 5.41 Å². The second kappa shape index (κ2) is 5.35. The number of nitrogens with zero attached hydrogens (tertiary/aromatic N) is 1. The molecule has 2 rings (SSSR count). The fourth-order valence-corrected chi connectivity index (χ4v) is 2.64. The third kappa shape index (κ3) is 2.68. The van der Waals surface area contributed by atoms with Gasteiger partial charge in [0.1, 0.15) is 5.84 Å². The van der Waals surface area contributed by atoms with Gasteiger partial charge in [0.2, 0.25) is 0 Å². The first-order chi connectivity index (χ1) is 8.22. The first kappa shape index (κ1) is 12.2. The van der Waals surface area contributed by atoms with Crippen molar-refractivity contribution in [2.45, 2.75) is 39.5 Å². The number of hydrogen-bond acceptors (Lipinski definition) is 1. The lowest BCUT2D eigenvalue weighted by atomic mass is 10.1. The average Bonchev–Trinajstić information content (AvgIpc) is 2.86. The summed E-state index contributed by atoms with van der Waals surface area (Å²) in [4.78, 5) is 2.15. The maximum Gasteiger partial charge on any atom is 0.103 e. The normalized spacial score (nSPS) is 16.1. The number of amidine groups is 1. The van der Waals surface area contributed by atoms with Crippen LogP contribution in [0.4, 0.5) is 5.69 Å². The van der Waals surface area contributed by atoms with Gasteiger partial charge in [0, 0.05) is 18.2 Å². The van der Waals surface area contributed by atoms with Gasteiger partial charge in [-0.05, 0) is 38.8 Å². The van der Waals surface area contributed by atoms with Crippen LogP contribution in [0.5, 0.6) is 0 Å². The van der Waals surface area contributed by atoms with E-state index in [9.17, 15) is 0 Å². The van der Waals surface area contributed by atoms with E-state index >= 15 is 0 Å². The number of nitrogens with one attached hydrogen (secondary N) is 1. The van der Waals surface area contributed by atoms with Crippen LogP contribution in [0.1, 0.15) is 38.2 Å². The molecular weight excluding hydrogens is 208 g/mol. The second-order valence-electron chi connectivity index (χ2n) is 4.95. The Balaban J connectivity index is 2.14. The summed E-state index contributed by atoms with van der Waals surface area (Å²) in [5, 5.41) is 8.36. The summed E-state index contributed by atoms with van der Waals surface area (Å²) in [5.74, 6) is 1.30. The summed E-state index contributed by atoms with van der Waals surface area (Å²) in [5.41, 5.74) is 2.44. The molecule has 0 unspecified atom stereocenters. The quantitative estimate of drug-likeness (QED) is 0.617. The van der Waals surface area contributed by atoms with Crippen molar-refractivity contribution in [3.05, 3.63) is 29.8 Å². The van der Waals surface area contributed by atoms with Crippen LogP contribution in [0, 0.1) is 18.3 Å². The zero-order valence-corrected chi connectivity index (χ0v) is 10.9. The number of rotatable bonds is 3. The van der Waals surface area contributed by atoms with Gasteiger partial charge in [-0.25, -0.2) is 0 Å². The SMILES string of the molecule is CCN(C(=N)C1CCCC1)c1ccc(C)cc1. The molecule has 92 valence electrons. The van der Waals surface area contributed by atoms with Crippen molar-refractivity contribution < 1.29 is 0 Å². The molecule has 1 fully saturated rings. The van der Waals surface area contributed by atoms with Crippen molar-refractivity contribution >= 4 is 11.5 Å². The Labute approximate surface area is 104 Å². The molecule has 0 heterocycles. The molecule has 0 spiro atoms. The molecule has 1 aromatic rings. The molecular formula is C15H22N2. The Kier molecular flexibility index (Phi) is 3.82. The highest BCUT2D eigenvalue weighted by atomic mass is 15.2. The molecule has 0 bridgehead atoms. The van der Waals surface area contributed by atoms with Crippen LogP contribution in [0.3, 0.4) is 0 Å². The van der Waals surface area contributed by atoms with Crippen LogP contribution in [0.25, 0.3) is 0 Å². The van der Waals surface area contributed by atoms with Crippen molar-refractivity contribution in [1.82, 2.24) is 0 Å². The highest BCUT2D eigenvalue weighted by Gasteiger charge is 2.23. The van der Waals surface area contributed by atoms with Crippen molar-refractivity contribution in [3.8, 4) is 0 Å². The molecule has 2 nitrogen and oxygen atoms in total. The lowest BCUT2D eigenvalue weighted by Crippen LogP contribution is -2.34. The van der Waals surface area contributed by atoms with Gasteiger partial charge in [-0.15, -0.1) is 0 Å². The summed E-state index contributed by atoms with van der Waals surface area (Å²) >= 11 is 0. The summed E-state index contributed by atoms with van der Waals surface area (Å²) in [6.07, 6.45) is 4.97. The molecule has 0 aromatic heterocycles. The van der Waals surface area contributed by atoms with E-state index in [4.69, 9.17) is 5.41 Å². The minimum absolute atomic E-state index is 0.483. The zero-order valence-electron chi connectivity index (χ0n) is 10.9. The van der Waals surface area contributed by atoms with E-state index in [1.807, 2.05) is 0 Å². The highest BCUT2D eigenvalue weighted by molar-refractivity contribution is 5.97.